The Balaban J connectivity index is 1.73. The van der Waals surface area contributed by atoms with Crippen LogP contribution in [0.15, 0.2) is 12.5 Å². The zero-order chi connectivity index (χ0) is 11.4. The lowest BCUT2D eigenvalue weighted by Gasteiger charge is -2.27. The third kappa shape index (κ3) is 2.83. The van der Waals surface area contributed by atoms with Crippen molar-refractivity contribution in [1.82, 2.24) is 9.55 Å². The Labute approximate surface area is 96.3 Å². The van der Waals surface area contributed by atoms with Crippen LogP contribution in [-0.2, 0) is 18.4 Å². The molecule has 1 N–H and O–H groups in total. The van der Waals surface area contributed by atoms with Crippen LogP contribution in [0.25, 0.3) is 0 Å². The molecule has 0 amide bonds. The van der Waals surface area contributed by atoms with Gasteiger partial charge in [0.05, 0.1) is 30.9 Å². The van der Waals surface area contributed by atoms with Gasteiger partial charge in [0, 0.05) is 13.7 Å². The molecule has 1 saturated carbocycles. The Hall–Kier alpha value is -0.870. The third-order valence-electron chi connectivity index (χ3n) is 3.44. The lowest BCUT2D eigenvalue weighted by Crippen LogP contribution is -2.23. The van der Waals surface area contributed by atoms with E-state index in [1.165, 1.54) is 0 Å². The van der Waals surface area contributed by atoms with E-state index in [0.29, 0.717) is 25.2 Å². The van der Waals surface area contributed by atoms with E-state index in [1.54, 1.807) is 6.33 Å². The van der Waals surface area contributed by atoms with Crippen molar-refractivity contribution in [2.45, 2.75) is 38.4 Å². The summed E-state index contributed by atoms with van der Waals surface area (Å²) in [6.07, 6.45) is 8.32. The smallest absolute Gasteiger partial charge is 0.0946 e. The molecule has 0 aliphatic heterocycles. The van der Waals surface area contributed by atoms with Crippen LogP contribution in [0.2, 0.25) is 0 Å². The molecule has 0 unspecified atom stereocenters. The van der Waals surface area contributed by atoms with Gasteiger partial charge in [0.1, 0.15) is 0 Å². The lowest BCUT2D eigenvalue weighted by atomic mass is 9.88. The van der Waals surface area contributed by atoms with Gasteiger partial charge < -0.3 is 14.4 Å². The number of imidazole rings is 1. The van der Waals surface area contributed by atoms with E-state index in [1.807, 2.05) is 17.8 Å². The number of rotatable bonds is 4. The van der Waals surface area contributed by atoms with Crippen molar-refractivity contribution in [3.8, 4) is 0 Å². The van der Waals surface area contributed by atoms with Gasteiger partial charge in [-0.15, -0.1) is 0 Å². The second kappa shape index (κ2) is 5.46. The minimum Gasteiger partial charge on any atom is -0.396 e. The summed E-state index contributed by atoms with van der Waals surface area (Å²) < 4.78 is 7.84. The Morgan fingerprint density at radius 3 is 2.75 bits per heavy atom. The summed E-state index contributed by atoms with van der Waals surface area (Å²) in [5.41, 5.74) is 1.12. The molecule has 1 aliphatic carbocycles. The molecular formula is C12H20N2O2. The molecule has 1 aromatic rings. The fraction of sp³-hybridized carbons (Fsp3) is 0.750. The molecule has 4 heteroatoms. The van der Waals surface area contributed by atoms with Crippen molar-refractivity contribution in [1.29, 1.82) is 0 Å². The van der Waals surface area contributed by atoms with E-state index < -0.39 is 0 Å². The second-order valence-corrected chi connectivity index (χ2v) is 4.63. The van der Waals surface area contributed by atoms with E-state index in [0.717, 1.165) is 31.4 Å². The van der Waals surface area contributed by atoms with Crippen LogP contribution >= 0.6 is 0 Å². The van der Waals surface area contributed by atoms with Gasteiger partial charge in [-0.25, -0.2) is 4.98 Å². The molecule has 0 atom stereocenters. The summed E-state index contributed by atoms with van der Waals surface area (Å²) in [5.74, 6) is 0.497. The molecule has 0 radical (unpaired) electrons. The summed E-state index contributed by atoms with van der Waals surface area (Å²) in [4.78, 5) is 4.06. The third-order valence-corrected chi connectivity index (χ3v) is 3.44. The molecule has 1 fully saturated rings. The highest BCUT2D eigenvalue weighted by atomic mass is 16.5. The summed E-state index contributed by atoms with van der Waals surface area (Å²) >= 11 is 0. The molecule has 2 rings (SSSR count). The van der Waals surface area contributed by atoms with E-state index in [4.69, 9.17) is 9.84 Å². The first kappa shape index (κ1) is 11.6. The summed E-state index contributed by atoms with van der Waals surface area (Å²) in [7, 11) is 1.98. The number of hydrogen-bond donors (Lipinski definition) is 1. The second-order valence-electron chi connectivity index (χ2n) is 4.63. The van der Waals surface area contributed by atoms with Crippen LogP contribution in [0.1, 0.15) is 31.4 Å². The first-order valence-electron chi connectivity index (χ1n) is 5.97. The minimum absolute atomic E-state index is 0.328. The number of aromatic nitrogens is 2. The largest absolute Gasteiger partial charge is 0.396 e. The highest BCUT2D eigenvalue weighted by Crippen LogP contribution is 2.26. The van der Waals surface area contributed by atoms with Crippen LogP contribution in [0, 0.1) is 5.92 Å². The minimum atomic E-state index is 0.328. The van der Waals surface area contributed by atoms with Crippen LogP contribution in [-0.4, -0.2) is 27.4 Å². The van der Waals surface area contributed by atoms with Gasteiger partial charge >= 0.3 is 0 Å². The van der Waals surface area contributed by atoms with Crippen LogP contribution in [0.3, 0.4) is 0 Å². The number of hydrogen-bond acceptors (Lipinski definition) is 3. The highest BCUT2D eigenvalue weighted by Gasteiger charge is 2.21. The molecule has 4 nitrogen and oxygen atoms in total. The van der Waals surface area contributed by atoms with Crippen molar-refractivity contribution < 1.29 is 9.84 Å². The van der Waals surface area contributed by atoms with Crippen LogP contribution in [0.5, 0.6) is 0 Å². The van der Waals surface area contributed by atoms with Crippen LogP contribution < -0.4 is 0 Å². The predicted octanol–water partition coefficient (Wildman–Crippen LogP) is 1.49. The van der Waals surface area contributed by atoms with Gasteiger partial charge in [-0.05, 0) is 31.6 Å². The molecule has 0 bridgehead atoms. The number of aryl methyl sites for hydroxylation is 1. The molecule has 16 heavy (non-hydrogen) atoms. The fourth-order valence-corrected chi connectivity index (χ4v) is 2.21. The quantitative estimate of drug-likeness (QED) is 0.843. The van der Waals surface area contributed by atoms with Gasteiger partial charge in [-0.1, -0.05) is 0 Å². The number of nitrogens with zero attached hydrogens (tertiary/aromatic N) is 2. The zero-order valence-corrected chi connectivity index (χ0v) is 9.80. The van der Waals surface area contributed by atoms with Gasteiger partial charge in [-0.2, -0.15) is 0 Å². The molecule has 1 heterocycles. The Morgan fingerprint density at radius 1 is 1.44 bits per heavy atom. The van der Waals surface area contributed by atoms with E-state index in [2.05, 4.69) is 4.98 Å². The summed E-state index contributed by atoms with van der Waals surface area (Å²) in [6, 6.07) is 0. The number of ether oxygens (including phenoxy) is 1. The predicted molar refractivity (Wildman–Crippen MR) is 60.8 cm³/mol. The molecule has 0 spiro atoms. The SMILES string of the molecule is Cn1cncc1COC1CCC(CO)CC1. The summed E-state index contributed by atoms with van der Waals surface area (Å²) in [5, 5.41) is 9.04. The first-order chi connectivity index (χ1) is 7.79. The monoisotopic (exact) mass is 224 g/mol. The molecule has 1 aliphatic rings. The average molecular weight is 224 g/mol. The zero-order valence-electron chi connectivity index (χ0n) is 9.80. The van der Waals surface area contributed by atoms with Crippen LogP contribution in [0.4, 0.5) is 0 Å². The normalized spacial score (nSPS) is 25.9. The highest BCUT2D eigenvalue weighted by molar-refractivity contribution is 4.95. The number of aliphatic hydroxyl groups excluding tert-OH is 1. The maximum Gasteiger partial charge on any atom is 0.0946 e. The van der Waals surface area contributed by atoms with Gasteiger partial charge in [0.15, 0.2) is 0 Å². The van der Waals surface area contributed by atoms with E-state index >= 15 is 0 Å². The van der Waals surface area contributed by atoms with Crippen molar-refractivity contribution in [3.05, 3.63) is 18.2 Å². The summed E-state index contributed by atoms with van der Waals surface area (Å²) in [6.45, 7) is 0.972. The molecule has 1 aromatic heterocycles. The standard InChI is InChI=1S/C12H20N2O2/c1-14-9-13-6-11(14)8-16-12-4-2-10(7-15)3-5-12/h6,9-10,12,15H,2-5,7-8H2,1H3. The first-order valence-corrected chi connectivity index (χ1v) is 5.97. The van der Waals surface area contributed by atoms with E-state index in [9.17, 15) is 0 Å². The fourth-order valence-electron chi connectivity index (χ4n) is 2.21. The van der Waals surface area contributed by atoms with Crippen molar-refractivity contribution in [2.75, 3.05) is 6.61 Å². The van der Waals surface area contributed by atoms with E-state index in [-0.39, 0.29) is 0 Å². The maximum absolute atomic E-state index is 9.04. The van der Waals surface area contributed by atoms with Crippen molar-refractivity contribution in [2.24, 2.45) is 13.0 Å². The van der Waals surface area contributed by atoms with Gasteiger partial charge in [0.25, 0.3) is 0 Å². The molecule has 0 saturated heterocycles. The molecule has 90 valence electrons. The maximum atomic E-state index is 9.04. The Kier molecular flexibility index (Phi) is 3.96. The van der Waals surface area contributed by atoms with Crippen molar-refractivity contribution in [3.63, 3.8) is 0 Å². The van der Waals surface area contributed by atoms with Gasteiger partial charge in [0.2, 0.25) is 0 Å². The number of aliphatic hydroxyl groups is 1. The molecule has 0 aromatic carbocycles. The topological polar surface area (TPSA) is 47.3 Å². The Bertz CT molecular complexity index is 317. The molecular weight excluding hydrogens is 204 g/mol. The van der Waals surface area contributed by atoms with Crippen molar-refractivity contribution >= 4 is 0 Å². The lowest BCUT2D eigenvalue weighted by molar-refractivity contribution is -0.000993. The van der Waals surface area contributed by atoms with Gasteiger partial charge in [-0.3, -0.25) is 0 Å². The average Bonchev–Trinajstić information content (AvgIpc) is 2.73. The Morgan fingerprint density at radius 2 is 2.19 bits per heavy atom.